The highest BCUT2D eigenvalue weighted by Gasteiger charge is 2.41. The number of esters is 1. The number of Topliss-reactive ketones (excluding diaryl/α,β-unsaturated/α-hetero) is 1. The van der Waals surface area contributed by atoms with Gasteiger partial charge in [-0.15, -0.1) is 0 Å². The van der Waals surface area contributed by atoms with E-state index in [0.29, 0.717) is 11.4 Å². The number of aromatic nitrogens is 2. The summed E-state index contributed by atoms with van der Waals surface area (Å²) in [5, 5.41) is 34.7. The van der Waals surface area contributed by atoms with Gasteiger partial charge in [0.1, 0.15) is 18.1 Å². The van der Waals surface area contributed by atoms with Crippen molar-refractivity contribution in [3.8, 4) is 5.88 Å². The molecule has 0 radical (unpaired) electrons. The first-order valence-corrected chi connectivity index (χ1v) is 8.06. The minimum atomic E-state index is -0.571. The molecular formula is C18H21N3O6. The summed E-state index contributed by atoms with van der Waals surface area (Å²) in [5.41, 5.74) is 0.540. The average Bonchev–Trinajstić information content (AvgIpc) is 2.86. The van der Waals surface area contributed by atoms with Crippen molar-refractivity contribution >= 4 is 23.0 Å². The Kier molecular flexibility index (Phi) is 5.53. The Hall–Kier alpha value is -3.36. The quantitative estimate of drug-likeness (QED) is 0.298. The maximum Gasteiger partial charge on any atom is 0.302 e. The fraction of sp³-hybridized carbons (Fsp3) is 0.333. The number of ketones is 1. The Balaban J connectivity index is 2.50. The number of rotatable bonds is 6. The summed E-state index contributed by atoms with van der Waals surface area (Å²) in [4.78, 5) is 27.4. The normalized spacial score (nSPS) is 16.3. The third-order valence-electron chi connectivity index (χ3n) is 4.12. The number of aliphatic hydroxyl groups is 2. The van der Waals surface area contributed by atoms with Crippen LogP contribution in [0.3, 0.4) is 0 Å². The van der Waals surface area contributed by atoms with E-state index in [9.17, 15) is 24.9 Å². The SMILES string of the molecule is C=C(O)C(/C(C)=N\C)=C1\C(=O)C(c2c(C)nn(CCOC(C)=O)c2O)=C1O. The molecule has 0 aromatic carbocycles. The fourth-order valence-electron chi connectivity index (χ4n) is 2.81. The van der Waals surface area contributed by atoms with E-state index in [1.807, 2.05) is 0 Å². The van der Waals surface area contributed by atoms with E-state index in [1.54, 1.807) is 13.8 Å². The highest BCUT2D eigenvalue weighted by Crippen LogP contribution is 2.43. The maximum atomic E-state index is 12.7. The van der Waals surface area contributed by atoms with Gasteiger partial charge in [0, 0.05) is 19.7 Å². The molecule has 1 aromatic heterocycles. The average molecular weight is 375 g/mol. The summed E-state index contributed by atoms with van der Waals surface area (Å²) in [6.07, 6.45) is 0. The second-order valence-corrected chi connectivity index (χ2v) is 5.91. The van der Waals surface area contributed by atoms with Gasteiger partial charge in [-0.3, -0.25) is 14.6 Å². The lowest BCUT2D eigenvalue weighted by Crippen LogP contribution is -2.25. The largest absolute Gasteiger partial charge is 0.508 e. The van der Waals surface area contributed by atoms with Crippen molar-refractivity contribution in [2.75, 3.05) is 13.7 Å². The van der Waals surface area contributed by atoms with E-state index in [-0.39, 0.29) is 47.1 Å². The van der Waals surface area contributed by atoms with Crippen LogP contribution in [0.15, 0.2) is 34.2 Å². The van der Waals surface area contributed by atoms with E-state index in [1.165, 1.54) is 18.7 Å². The number of ether oxygens (including phenoxy) is 1. The zero-order valence-corrected chi connectivity index (χ0v) is 15.5. The van der Waals surface area contributed by atoms with Crippen molar-refractivity contribution < 1.29 is 29.6 Å². The molecule has 1 heterocycles. The smallest absolute Gasteiger partial charge is 0.302 e. The Bertz CT molecular complexity index is 933. The summed E-state index contributed by atoms with van der Waals surface area (Å²) in [6, 6.07) is 0. The second kappa shape index (κ2) is 7.48. The first kappa shape index (κ1) is 20.0. The van der Waals surface area contributed by atoms with Gasteiger partial charge in [-0.05, 0) is 13.8 Å². The minimum Gasteiger partial charge on any atom is -0.508 e. The molecule has 3 N–H and O–H groups in total. The lowest BCUT2D eigenvalue weighted by atomic mass is 9.79. The molecule has 27 heavy (non-hydrogen) atoms. The molecular weight excluding hydrogens is 354 g/mol. The Morgan fingerprint density at radius 1 is 1.33 bits per heavy atom. The molecule has 0 bridgehead atoms. The standard InChI is InChI=1S/C18H21N3O6/c1-8(19-5)12(10(3)22)14-16(24)15(17(14)25)13-9(2)20-21(18(13)26)6-7-27-11(4)23/h22,24,26H,3,6-7H2,1-2,4-5H3/b14-12-,19-8-. The molecule has 0 unspecified atom stereocenters. The van der Waals surface area contributed by atoms with Crippen molar-refractivity contribution in [1.82, 2.24) is 9.78 Å². The number of aliphatic hydroxyl groups excluding tert-OH is 2. The lowest BCUT2D eigenvalue weighted by Gasteiger charge is -2.24. The Morgan fingerprint density at radius 3 is 2.44 bits per heavy atom. The molecule has 1 aliphatic carbocycles. The van der Waals surface area contributed by atoms with Gasteiger partial charge in [0.15, 0.2) is 0 Å². The van der Waals surface area contributed by atoms with Crippen molar-refractivity contribution in [2.45, 2.75) is 27.3 Å². The van der Waals surface area contributed by atoms with Crippen molar-refractivity contribution in [1.29, 1.82) is 0 Å². The Labute approximate surface area is 155 Å². The third-order valence-corrected chi connectivity index (χ3v) is 4.12. The molecule has 0 saturated heterocycles. The highest BCUT2D eigenvalue weighted by atomic mass is 16.5. The molecule has 9 nitrogen and oxygen atoms in total. The second-order valence-electron chi connectivity index (χ2n) is 5.91. The van der Waals surface area contributed by atoms with Gasteiger partial charge in [0.05, 0.1) is 34.5 Å². The van der Waals surface area contributed by atoms with E-state index >= 15 is 0 Å². The van der Waals surface area contributed by atoms with Gasteiger partial charge < -0.3 is 20.1 Å². The number of hydrogen-bond donors (Lipinski definition) is 3. The number of allylic oxidation sites excluding steroid dienone is 3. The Morgan fingerprint density at radius 2 is 1.96 bits per heavy atom. The van der Waals surface area contributed by atoms with Gasteiger partial charge >= 0.3 is 5.97 Å². The predicted molar refractivity (Wildman–Crippen MR) is 97.6 cm³/mol. The first-order valence-electron chi connectivity index (χ1n) is 8.06. The number of carbonyl (C=O) groups excluding carboxylic acids is 2. The van der Waals surface area contributed by atoms with Gasteiger partial charge in [0.25, 0.3) is 0 Å². The van der Waals surface area contributed by atoms with Crippen molar-refractivity contribution in [3.63, 3.8) is 0 Å². The van der Waals surface area contributed by atoms with Crippen LogP contribution in [0.5, 0.6) is 5.88 Å². The van der Waals surface area contributed by atoms with Crippen molar-refractivity contribution in [2.24, 2.45) is 4.99 Å². The van der Waals surface area contributed by atoms with E-state index < -0.39 is 17.5 Å². The van der Waals surface area contributed by atoms with Crippen LogP contribution >= 0.6 is 0 Å². The topological polar surface area (TPSA) is 134 Å². The molecule has 2 rings (SSSR count). The van der Waals surface area contributed by atoms with E-state index in [4.69, 9.17) is 4.74 Å². The van der Waals surface area contributed by atoms with Gasteiger partial charge in [0.2, 0.25) is 11.7 Å². The number of aromatic hydroxyl groups is 1. The monoisotopic (exact) mass is 375 g/mol. The zero-order valence-electron chi connectivity index (χ0n) is 15.5. The van der Waals surface area contributed by atoms with Crippen LogP contribution in [-0.2, 0) is 20.9 Å². The van der Waals surface area contributed by atoms with Crippen molar-refractivity contribution in [3.05, 3.63) is 40.5 Å². The highest BCUT2D eigenvalue weighted by molar-refractivity contribution is 6.41. The molecule has 1 aromatic rings. The molecule has 0 saturated carbocycles. The van der Waals surface area contributed by atoms with Crippen LogP contribution in [0, 0.1) is 6.92 Å². The number of aryl methyl sites for hydroxylation is 1. The number of carbonyl (C=O) groups is 2. The van der Waals surface area contributed by atoms with Crippen LogP contribution in [0.1, 0.15) is 25.1 Å². The summed E-state index contributed by atoms with van der Waals surface area (Å²) < 4.78 is 5.98. The van der Waals surface area contributed by atoms with E-state index in [2.05, 4.69) is 16.7 Å². The first-order chi connectivity index (χ1) is 12.6. The van der Waals surface area contributed by atoms with Gasteiger partial charge in [-0.2, -0.15) is 5.10 Å². The summed E-state index contributed by atoms with van der Waals surface area (Å²) in [5.74, 6) is -2.15. The number of aliphatic imine (C=N–C) groups is 1. The van der Waals surface area contributed by atoms with Crippen LogP contribution < -0.4 is 0 Å². The number of nitrogens with zero attached hydrogens (tertiary/aromatic N) is 3. The fourth-order valence-corrected chi connectivity index (χ4v) is 2.81. The molecule has 0 spiro atoms. The third kappa shape index (κ3) is 3.48. The van der Waals surface area contributed by atoms with Gasteiger partial charge in [-0.25, -0.2) is 4.68 Å². The zero-order chi connectivity index (χ0) is 20.5. The van der Waals surface area contributed by atoms with Crippen LogP contribution in [0.2, 0.25) is 0 Å². The summed E-state index contributed by atoms with van der Waals surface area (Å²) in [6.45, 7) is 7.88. The molecule has 9 heteroatoms. The van der Waals surface area contributed by atoms with Crippen LogP contribution in [-0.4, -0.2) is 56.2 Å². The predicted octanol–water partition coefficient (Wildman–Crippen LogP) is 1.77. The molecule has 144 valence electrons. The van der Waals surface area contributed by atoms with Gasteiger partial charge in [-0.1, -0.05) is 6.58 Å². The maximum absolute atomic E-state index is 12.7. The molecule has 0 amide bonds. The lowest BCUT2D eigenvalue weighted by molar-refractivity contribution is -0.141. The number of hydrogen-bond acceptors (Lipinski definition) is 8. The van der Waals surface area contributed by atoms with Crippen LogP contribution in [0.4, 0.5) is 0 Å². The molecule has 0 fully saturated rings. The summed E-state index contributed by atoms with van der Waals surface area (Å²) >= 11 is 0. The molecule has 0 atom stereocenters. The van der Waals surface area contributed by atoms with E-state index in [0.717, 1.165) is 0 Å². The molecule has 0 aliphatic heterocycles. The minimum absolute atomic E-state index is 0.00573. The molecule has 1 aliphatic rings. The summed E-state index contributed by atoms with van der Waals surface area (Å²) in [7, 11) is 1.48. The van der Waals surface area contributed by atoms with Crippen LogP contribution in [0.25, 0.3) is 5.57 Å².